The van der Waals surface area contributed by atoms with Crippen LogP contribution in [-0.2, 0) is 4.79 Å². The van der Waals surface area contributed by atoms with Gasteiger partial charge < -0.3 is 15.6 Å². The molecule has 2 rings (SSSR count). The molecular weight excluding hydrogens is 316 g/mol. The van der Waals surface area contributed by atoms with Gasteiger partial charge in [0.25, 0.3) is 0 Å². The van der Waals surface area contributed by atoms with E-state index in [1.807, 2.05) is 38.1 Å². The normalized spacial score (nSPS) is 10.6. The Kier molecular flexibility index (Phi) is 4.91. The lowest BCUT2D eigenvalue weighted by Crippen LogP contribution is -2.15. The highest BCUT2D eigenvalue weighted by Gasteiger charge is 2.16. The summed E-state index contributed by atoms with van der Waals surface area (Å²) in [6.07, 6.45) is 0.0728. The summed E-state index contributed by atoms with van der Waals surface area (Å²) in [5, 5.41) is 17.0. The van der Waals surface area contributed by atoms with Crippen molar-refractivity contribution in [3.63, 3.8) is 0 Å². The van der Waals surface area contributed by atoms with Crippen LogP contribution in [0.2, 0.25) is 5.02 Å². The molecule has 0 fully saturated rings. The molecule has 0 unspecified atom stereocenters. The molecular formula is C17H17ClN2O3. The molecule has 2 aromatic rings. The maximum Gasteiger partial charge on any atom is 0.354 e. The van der Waals surface area contributed by atoms with Crippen LogP contribution in [0.25, 0.3) is 11.1 Å². The molecule has 0 radical (unpaired) electrons. The van der Waals surface area contributed by atoms with E-state index >= 15 is 0 Å². The number of nitrogens with one attached hydrogen (secondary N) is 1. The highest BCUT2D eigenvalue weighted by atomic mass is 35.5. The Morgan fingerprint density at radius 3 is 2.39 bits per heavy atom. The third-order valence-electron chi connectivity index (χ3n) is 3.16. The molecule has 0 aliphatic rings. The molecule has 23 heavy (non-hydrogen) atoms. The Labute approximate surface area is 139 Å². The molecule has 0 bridgehead atoms. The zero-order chi connectivity index (χ0) is 17.1. The molecule has 5 nitrogen and oxygen atoms in total. The molecule has 0 saturated carbocycles. The molecule has 0 amide bonds. The zero-order valence-corrected chi connectivity index (χ0v) is 13.5. The molecule has 0 aliphatic heterocycles. The first kappa shape index (κ1) is 16.8. The fourth-order valence-corrected chi connectivity index (χ4v) is 2.41. The van der Waals surface area contributed by atoms with Crippen molar-refractivity contribution >= 4 is 29.0 Å². The highest BCUT2D eigenvalue weighted by molar-refractivity contribution is 6.43. The monoisotopic (exact) mass is 332 g/mol. The van der Waals surface area contributed by atoms with Crippen molar-refractivity contribution in [1.29, 1.82) is 5.41 Å². The summed E-state index contributed by atoms with van der Waals surface area (Å²) >= 11 is 6.22. The van der Waals surface area contributed by atoms with E-state index in [1.165, 1.54) is 12.1 Å². The van der Waals surface area contributed by atoms with Crippen molar-refractivity contribution in [1.82, 2.24) is 0 Å². The summed E-state index contributed by atoms with van der Waals surface area (Å²) < 4.78 is 5.58. The van der Waals surface area contributed by atoms with Crippen molar-refractivity contribution in [3.05, 3.63) is 47.0 Å². The number of carboxylic acids is 1. The topological polar surface area (TPSA) is 96.4 Å². The van der Waals surface area contributed by atoms with Crippen molar-refractivity contribution < 1.29 is 14.6 Å². The van der Waals surface area contributed by atoms with Gasteiger partial charge in [-0.05, 0) is 43.7 Å². The molecule has 4 N–H and O–H groups in total. The number of rotatable bonds is 5. The largest absolute Gasteiger partial charge is 0.491 e. The van der Waals surface area contributed by atoms with Gasteiger partial charge in [0.15, 0.2) is 0 Å². The maximum atomic E-state index is 11.0. The smallest absolute Gasteiger partial charge is 0.354 e. The van der Waals surface area contributed by atoms with E-state index in [1.54, 1.807) is 0 Å². The second-order valence-electron chi connectivity index (χ2n) is 5.29. The number of carboxylic acid groups (broad SMARTS) is 1. The van der Waals surface area contributed by atoms with Crippen LogP contribution in [0.1, 0.15) is 19.4 Å². The number of hydrogen-bond donors (Lipinski definition) is 3. The molecule has 6 heteroatoms. The summed E-state index contributed by atoms with van der Waals surface area (Å²) in [5.74, 6) is -0.612. The molecule has 0 heterocycles. The Morgan fingerprint density at radius 2 is 1.87 bits per heavy atom. The summed E-state index contributed by atoms with van der Waals surface area (Å²) in [5.41, 5.74) is 6.90. The second kappa shape index (κ2) is 6.71. The van der Waals surface area contributed by atoms with E-state index < -0.39 is 11.7 Å². The van der Waals surface area contributed by atoms with Crippen LogP contribution in [0.4, 0.5) is 5.69 Å². The van der Waals surface area contributed by atoms with E-state index in [0.717, 1.165) is 11.3 Å². The van der Waals surface area contributed by atoms with E-state index in [2.05, 4.69) is 0 Å². The SMILES string of the molecule is CC(C)Oc1ccc(-c2cc(C(=N)C(=O)O)c(N)cc2Cl)cc1. The third kappa shape index (κ3) is 3.81. The number of anilines is 1. The average Bonchev–Trinajstić information content (AvgIpc) is 2.47. The minimum atomic E-state index is -1.34. The van der Waals surface area contributed by atoms with Crippen LogP contribution in [0, 0.1) is 5.41 Å². The zero-order valence-electron chi connectivity index (χ0n) is 12.8. The van der Waals surface area contributed by atoms with Gasteiger partial charge in [-0.1, -0.05) is 23.7 Å². The average molecular weight is 333 g/mol. The van der Waals surface area contributed by atoms with Gasteiger partial charge in [0.1, 0.15) is 11.5 Å². The van der Waals surface area contributed by atoms with Crippen LogP contribution in [0.3, 0.4) is 0 Å². The molecule has 0 saturated heterocycles. The minimum Gasteiger partial charge on any atom is -0.491 e. The summed E-state index contributed by atoms with van der Waals surface area (Å²) in [6, 6.07) is 10.2. The predicted octanol–water partition coefficient (Wildman–Crippen LogP) is 3.83. The Balaban J connectivity index is 2.44. The number of halogens is 1. The third-order valence-corrected chi connectivity index (χ3v) is 3.47. The first-order valence-corrected chi connectivity index (χ1v) is 7.35. The van der Waals surface area contributed by atoms with Crippen LogP contribution in [0.15, 0.2) is 36.4 Å². The van der Waals surface area contributed by atoms with Gasteiger partial charge >= 0.3 is 5.97 Å². The van der Waals surface area contributed by atoms with Crippen LogP contribution in [0.5, 0.6) is 5.75 Å². The van der Waals surface area contributed by atoms with Crippen LogP contribution >= 0.6 is 11.6 Å². The number of ether oxygens (including phenoxy) is 1. The minimum absolute atomic E-state index is 0.0728. The molecule has 0 spiro atoms. The van der Waals surface area contributed by atoms with Crippen molar-refractivity contribution in [2.24, 2.45) is 0 Å². The molecule has 0 aromatic heterocycles. The maximum absolute atomic E-state index is 11.0. The van der Waals surface area contributed by atoms with E-state index in [4.69, 9.17) is 32.6 Å². The fourth-order valence-electron chi connectivity index (χ4n) is 2.13. The Hall–Kier alpha value is -2.53. The fraction of sp³-hybridized carbons (Fsp3) is 0.176. The number of hydrogen-bond acceptors (Lipinski definition) is 4. The van der Waals surface area contributed by atoms with E-state index in [9.17, 15) is 4.79 Å². The summed E-state index contributed by atoms with van der Waals surface area (Å²) in [6.45, 7) is 3.88. The van der Waals surface area contributed by atoms with Crippen LogP contribution in [-0.4, -0.2) is 22.9 Å². The lowest BCUT2D eigenvalue weighted by atomic mass is 9.99. The van der Waals surface area contributed by atoms with Gasteiger partial charge in [0, 0.05) is 16.8 Å². The molecule has 2 aromatic carbocycles. The number of benzene rings is 2. The molecule has 120 valence electrons. The van der Waals surface area contributed by atoms with Gasteiger partial charge in [-0.25, -0.2) is 4.79 Å². The van der Waals surface area contributed by atoms with E-state index in [0.29, 0.717) is 10.6 Å². The second-order valence-corrected chi connectivity index (χ2v) is 5.70. The number of carbonyl (C=O) groups is 1. The first-order valence-electron chi connectivity index (χ1n) is 6.98. The number of aliphatic carboxylic acids is 1. The predicted molar refractivity (Wildman–Crippen MR) is 91.5 cm³/mol. The van der Waals surface area contributed by atoms with Gasteiger partial charge in [0.2, 0.25) is 0 Å². The number of nitrogens with two attached hydrogens (primary N) is 1. The van der Waals surface area contributed by atoms with Gasteiger partial charge in [-0.2, -0.15) is 0 Å². The van der Waals surface area contributed by atoms with Crippen LogP contribution < -0.4 is 10.5 Å². The quantitative estimate of drug-likeness (QED) is 0.572. The van der Waals surface area contributed by atoms with Gasteiger partial charge in [-0.15, -0.1) is 0 Å². The molecule has 0 atom stereocenters. The van der Waals surface area contributed by atoms with Crippen molar-refractivity contribution in [2.75, 3.05) is 5.73 Å². The lowest BCUT2D eigenvalue weighted by molar-refractivity contribution is -0.129. The van der Waals surface area contributed by atoms with Crippen molar-refractivity contribution in [3.8, 4) is 16.9 Å². The van der Waals surface area contributed by atoms with Crippen molar-refractivity contribution in [2.45, 2.75) is 20.0 Å². The standard InChI is InChI=1S/C17H17ClN2O3/c1-9(2)23-11-5-3-10(4-6-11)12-7-13(16(20)17(21)22)15(19)8-14(12)18/h3-9,20H,19H2,1-2H3,(H,21,22). The van der Waals surface area contributed by atoms with Gasteiger partial charge in [0.05, 0.1) is 11.1 Å². The van der Waals surface area contributed by atoms with Gasteiger partial charge in [-0.3, -0.25) is 5.41 Å². The first-order chi connectivity index (χ1) is 10.8. The Morgan fingerprint density at radius 1 is 1.26 bits per heavy atom. The number of nitrogen functional groups attached to an aromatic ring is 1. The summed E-state index contributed by atoms with van der Waals surface area (Å²) in [7, 11) is 0. The lowest BCUT2D eigenvalue weighted by Gasteiger charge is -2.12. The highest BCUT2D eigenvalue weighted by Crippen LogP contribution is 2.33. The molecule has 0 aliphatic carbocycles. The Bertz CT molecular complexity index is 755. The van der Waals surface area contributed by atoms with E-state index in [-0.39, 0.29) is 17.4 Å². The summed E-state index contributed by atoms with van der Waals surface area (Å²) in [4.78, 5) is 11.0.